The first kappa shape index (κ1) is 21.2. The molecule has 1 aliphatic carbocycles. The number of aryl methyl sites for hydroxylation is 1. The summed E-state index contributed by atoms with van der Waals surface area (Å²) in [5.74, 6) is 1.38. The second-order valence-corrected chi connectivity index (χ2v) is 6.70. The molecule has 136 valence electrons. The quantitative estimate of drug-likeness (QED) is 0.399. The zero-order chi connectivity index (χ0) is 17.0. The molecular weight excluding hydrogens is 418 g/mol. The highest BCUT2D eigenvalue weighted by Crippen LogP contribution is 2.34. The number of aliphatic imine (C=N–C) groups is 1. The number of rotatable bonds is 6. The molecule has 1 saturated carbocycles. The van der Waals surface area contributed by atoms with Crippen molar-refractivity contribution in [2.45, 2.75) is 38.8 Å². The van der Waals surface area contributed by atoms with Crippen molar-refractivity contribution in [3.05, 3.63) is 35.1 Å². The molecule has 1 aromatic carbocycles. The van der Waals surface area contributed by atoms with Crippen molar-refractivity contribution in [1.82, 2.24) is 15.5 Å². The van der Waals surface area contributed by atoms with Crippen LogP contribution in [-0.4, -0.2) is 44.6 Å². The van der Waals surface area contributed by atoms with Crippen molar-refractivity contribution in [3.8, 4) is 0 Å². The average molecular weight is 448 g/mol. The van der Waals surface area contributed by atoms with Crippen LogP contribution in [0.2, 0.25) is 0 Å². The fraction of sp³-hybridized carbons (Fsp3) is 0.611. The fourth-order valence-corrected chi connectivity index (χ4v) is 2.81. The minimum atomic E-state index is -0.166. The van der Waals surface area contributed by atoms with E-state index in [0.29, 0.717) is 11.6 Å². The lowest BCUT2D eigenvalue weighted by atomic mass is 10.1. The van der Waals surface area contributed by atoms with Crippen LogP contribution in [0.1, 0.15) is 36.9 Å². The van der Waals surface area contributed by atoms with Crippen molar-refractivity contribution >= 4 is 29.9 Å². The summed E-state index contributed by atoms with van der Waals surface area (Å²) in [4.78, 5) is 6.56. The van der Waals surface area contributed by atoms with E-state index in [1.165, 1.54) is 12.8 Å². The SMILES string of the molecule is CN=C(NCC(C1CC1)N(C)C)NC(C)c1ccc(C)c(F)c1.I. The molecule has 4 nitrogen and oxygen atoms in total. The van der Waals surface area contributed by atoms with E-state index >= 15 is 0 Å². The van der Waals surface area contributed by atoms with Crippen molar-refractivity contribution in [3.63, 3.8) is 0 Å². The fourth-order valence-electron chi connectivity index (χ4n) is 2.81. The molecule has 0 aliphatic heterocycles. The van der Waals surface area contributed by atoms with Gasteiger partial charge in [0.05, 0.1) is 6.04 Å². The highest BCUT2D eigenvalue weighted by molar-refractivity contribution is 14.0. The highest BCUT2D eigenvalue weighted by atomic mass is 127. The van der Waals surface area contributed by atoms with Gasteiger partial charge in [-0.05, 0) is 63.9 Å². The average Bonchev–Trinajstić information content (AvgIpc) is 3.33. The van der Waals surface area contributed by atoms with Gasteiger partial charge in [-0.1, -0.05) is 12.1 Å². The standard InChI is InChI=1S/C18H29FN4.HI/c1-12-6-7-15(10-16(12)19)13(2)22-18(20-3)21-11-17(23(4)5)14-8-9-14;/h6-7,10,13-14,17H,8-9,11H2,1-5H3,(H2,20,21,22);1H. The Labute approximate surface area is 162 Å². The first-order chi connectivity index (χ1) is 10.9. The summed E-state index contributed by atoms with van der Waals surface area (Å²) in [7, 11) is 6.01. The zero-order valence-electron chi connectivity index (χ0n) is 15.3. The number of hydrogen-bond donors (Lipinski definition) is 2. The van der Waals surface area contributed by atoms with Gasteiger partial charge in [-0.3, -0.25) is 4.99 Å². The van der Waals surface area contributed by atoms with Crippen LogP contribution < -0.4 is 10.6 Å². The van der Waals surface area contributed by atoms with E-state index in [1.807, 2.05) is 19.1 Å². The number of benzene rings is 1. The van der Waals surface area contributed by atoms with E-state index in [4.69, 9.17) is 0 Å². The molecule has 1 aliphatic rings. The third-order valence-corrected chi connectivity index (χ3v) is 4.58. The van der Waals surface area contributed by atoms with Crippen LogP contribution in [0.3, 0.4) is 0 Å². The van der Waals surface area contributed by atoms with Crippen molar-refractivity contribution in [1.29, 1.82) is 0 Å². The van der Waals surface area contributed by atoms with Gasteiger partial charge in [0, 0.05) is 19.6 Å². The number of halogens is 2. The predicted octanol–water partition coefficient (Wildman–Crippen LogP) is 3.32. The molecule has 6 heteroatoms. The molecule has 2 rings (SSSR count). The van der Waals surface area contributed by atoms with E-state index in [1.54, 1.807) is 20.0 Å². The lowest BCUT2D eigenvalue weighted by molar-refractivity contribution is 0.264. The lowest BCUT2D eigenvalue weighted by Crippen LogP contribution is -2.46. The number of guanidine groups is 1. The summed E-state index contributed by atoms with van der Waals surface area (Å²) in [6, 6.07) is 5.88. The van der Waals surface area contributed by atoms with Crippen LogP contribution in [0.4, 0.5) is 4.39 Å². The van der Waals surface area contributed by atoms with Crippen LogP contribution in [0.15, 0.2) is 23.2 Å². The molecule has 0 radical (unpaired) electrons. The van der Waals surface area contributed by atoms with Crippen molar-refractivity contribution in [2.24, 2.45) is 10.9 Å². The van der Waals surface area contributed by atoms with Crippen LogP contribution >= 0.6 is 24.0 Å². The third kappa shape index (κ3) is 5.88. The normalized spacial score (nSPS) is 17.2. The molecule has 0 bridgehead atoms. The Kier molecular flexibility index (Phi) is 8.42. The summed E-state index contributed by atoms with van der Waals surface area (Å²) in [6.07, 6.45) is 2.63. The third-order valence-electron chi connectivity index (χ3n) is 4.58. The van der Waals surface area contributed by atoms with Gasteiger partial charge in [0.1, 0.15) is 5.82 Å². The van der Waals surface area contributed by atoms with Crippen molar-refractivity contribution < 1.29 is 4.39 Å². The number of hydrogen-bond acceptors (Lipinski definition) is 2. The summed E-state index contributed by atoms with van der Waals surface area (Å²) in [5.41, 5.74) is 1.59. The smallest absolute Gasteiger partial charge is 0.191 e. The molecule has 1 fully saturated rings. The Hall–Kier alpha value is -0.890. The largest absolute Gasteiger partial charge is 0.355 e. The lowest BCUT2D eigenvalue weighted by Gasteiger charge is -2.26. The summed E-state index contributed by atoms with van der Waals surface area (Å²) in [6.45, 7) is 4.66. The Morgan fingerprint density at radius 2 is 2.04 bits per heavy atom. The van der Waals surface area contributed by atoms with Gasteiger partial charge in [0.25, 0.3) is 0 Å². The van der Waals surface area contributed by atoms with Crippen LogP contribution in [0.25, 0.3) is 0 Å². The maximum absolute atomic E-state index is 13.7. The Bertz CT molecular complexity index is 556. The van der Waals surface area contributed by atoms with Gasteiger partial charge >= 0.3 is 0 Å². The maximum Gasteiger partial charge on any atom is 0.191 e. The van der Waals surface area contributed by atoms with E-state index in [-0.39, 0.29) is 35.8 Å². The van der Waals surface area contributed by atoms with Crippen molar-refractivity contribution in [2.75, 3.05) is 27.7 Å². The van der Waals surface area contributed by atoms with E-state index < -0.39 is 0 Å². The Morgan fingerprint density at radius 3 is 2.54 bits per heavy atom. The molecule has 0 aromatic heterocycles. The molecule has 0 amide bonds. The second-order valence-electron chi connectivity index (χ2n) is 6.70. The predicted molar refractivity (Wildman–Crippen MR) is 110 cm³/mol. The van der Waals surface area contributed by atoms with Gasteiger partial charge in [-0.15, -0.1) is 24.0 Å². The number of nitrogens with one attached hydrogen (secondary N) is 2. The Balaban J connectivity index is 0.00000288. The summed E-state index contributed by atoms with van der Waals surface area (Å²) in [5, 5.41) is 6.74. The maximum atomic E-state index is 13.7. The monoisotopic (exact) mass is 448 g/mol. The van der Waals surface area contributed by atoms with Gasteiger partial charge in [0.2, 0.25) is 0 Å². The van der Waals surface area contributed by atoms with E-state index in [0.717, 1.165) is 24.0 Å². The highest BCUT2D eigenvalue weighted by Gasteiger charge is 2.32. The molecule has 2 atom stereocenters. The Morgan fingerprint density at radius 1 is 1.38 bits per heavy atom. The first-order valence-corrected chi connectivity index (χ1v) is 8.32. The number of nitrogens with zero attached hydrogens (tertiary/aromatic N) is 2. The van der Waals surface area contributed by atoms with Gasteiger partial charge in [-0.2, -0.15) is 0 Å². The van der Waals surface area contributed by atoms with Gasteiger partial charge < -0.3 is 15.5 Å². The summed E-state index contributed by atoms with van der Waals surface area (Å²) >= 11 is 0. The number of likely N-dealkylation sites (N-methyl/N-ethyl adjacent to an activating group) is 1. The van der Waals surface area contributed by atoms with Crippen LogP contribution in [0.5, 0.6) is 0 Å². The first-order valence-electron chi connectivity index (χ1n) is 8.32. The van der Waals surface area contributed by atoms with E-state index in [2.05, 4.69) is 34.6 Å². The molecule has 2 N–H and O–H groups in total. The molecule has 0 heterocycles. The molecule has 2 unspecified atom stereocenters. The molecule has 24 heavy (non-hydrogen) atoms. The van der Waals surface area contributed by atoms with E-state index in [9.17, 15) is 4.39 Å². The minimum absolute atomic E-state index is 0. The van der Waals surface area contributed by atoms with Gasteiger partial charge in [-0.25, -0.2) is 4.39 Å². The molecular formula is C18H30FIN4. The molecule has 0 saturated heterocycles. The zero-order valence-corrected chi connectivity index (χ0v) is 17.6. The van der Waals surface area contributed by atoms with Gasteiger partial charge in [0.15, 0.2) is 5.96 Å². The second kappa shape index (κ2) is 9.56. The molecule has 1 aromatic rings. The topological polar surface area (TPSA) is 39.7 Å². The van der Waals surface area contributed by atoms with Crippen LogP contribution in [0, 0.1) is 18.7 Å². The minimum Gasteiger partial charge on any atom is -0.355 e. The summed E-state index contributed by atoms with van der Waals surface area (Å²) < 4.78 is 13.7. The van der Waals surface area contributed by atoms with Crippen LogP contribution in [-0.2, 0) is 0 Å². The molecule has 0 spiro atoms.